The Morgan fingerprint density at radius 1 is 1.45 bits per heavy atom. The Kier molecular flexibility index (Phi) is 9.53. The molecule has 0 fully saturated rings. The Morgan fingerprint density at radius 2 is 2.05 bits per heavy atom. The molecule has 0 aliphatic carbocycles. The molecule has 0 radical (unpaired) electrons. The lowest BCUT2D eigenvalue weighted by atomic mass is 10.1. The van der Waals surface area contributed by atoms with Gasteiger partial charge in [0.1, 0.15) is 0 Å². The molecule has 0 saturated carbocycles. The fourth-order valence-electron chi connectivity index (χ4n) is 1.17. The highest BCUT2D eigenvalue weighted by Crippen LogP contribution is 2.36. The minimum Gasteiger partial charge on any atom is -0.346 e. The SMILES string of the molecule is CC(C)(C)[Si](C)(C)ONc1nc(=S)o[nH]1.CCC[C@H](C)CCl. The molecule has 0 spiro atoms. The lowest BCUT2D eigenvalue weighted by molar-refractivity contribution is 0.351. The highest BCUT2D eigenvalue weighted by molar-refractivity contribution is 7.71. The molecule has 0 amide bonds. The predicted octanol–water partition coefficient (Wildman–Crippen LogP) is 5.74. The lowest BCUT2D eigenvalue weighted by Crippen LogP contribution is -2.42. The monoisotopic (exact) mass is 367 g/mol. The molecule has 8 heteroatoms. The second-order valence-electron chi connectivity index (χ2n) is 6.94. The van der Waals surface area contributed by atoms with E-state index in [1.54, 1.807) is 0 Å². The van der Waals surface area contributed by atoms with E-state index in [1.807, 2.05) is 0 Å². The summed E-state index contributed by atoms with van der Waals surface area (Å²) >= 11 is 10.3. The molecule has 1 aromatic heterocycles. The van der Waals surface area contributed by atoms with Crippen LogP contribution in [0, 0.1) is 10.8 Å². The number of alkyl halides is 1. The molecule has 22 heavy (non-hydrogen) atoms. The normalized spacial score (nSPS) is 13.3. The Bertz CT molecular complexity index is 471. The maximum Gasteiger partial charge on any atom is 0.315 e. The minimum absolute atomic E-state index is 0.139. The van der Waals surface area contributed by atoms with E-state index in [1.165, 1.54) is 12.8 Å². The van der Waals surface area contributed by atoms with Crippen LogP contribution in [0.15, 0.2) is 4.52 Å². The number of anilines is 1. The third-order valence-electron chi connectivity index (χ3n) is 3.69. The zero-order valence-corrected chi connectivity index (χ0v) is 17.3. The summed E-state index contributed by atoms with van der Waals surface area (Å²) in [6, 6.07) is 0. The maximum absolute atomic E-state index is 5.68. The Balaban J connectivity index is 0.000000534. The maximum atomic E-state index is 5.68. The summed E-state index contributed by atoms with van der Waals surface area (Å²) in [6.07, 6.45) is 2.53. The molecule has 0 aliphatic heterocycles. The quantitative estimate of drug-likeness (QED) is 0.290. The fraction of sp³-hybridized carbons (Fsp3) is 0.857. The number of rotatable bonds is 6. The molecule has 1 heterocycles. The van der Waals surface area contributed by atoms with Crippen LogP contribution in [0.25, 0.3) is 0 Å². The van der Waals surface area contributed by atoms with Crippen molar-refractivity contribution < 1.29 is 9.05 Å². The zero-order valence-electron chi connectivity index (χ0n) is 14.7. The molecule has 5 nitrogen and oxygen atoms in total. The number of hydrogen-bond acceptors (Lipinski definition) is 5. The van der Waals surface area contributed by atoms with Crippen LogP contribution in [0.1, 0.15) is 47.5 Å². The fourth-order valence-corrected chi connectivity index (χ4v) is 2.12. The number of H-pyrrole nitrogens is 1. The van der Waals surface area contributed by atoms with Crippen LogP contribution in [-0.4, -0.2) is 24.3 Å². The van der Waals surface area contributed by atoms with E-state index >= 15 is 0 Å². The molecule has 0 aromatic carbocycles. The van der Waals surface area contributed by atoms with Gasteiger partial charge in [0.25, 0.3) is 5.95 Å². The Labute approximate surface area is 145 Å². The molecular weight excluding hydrogens is 338 g/mol. The summed E-state index contributed by atoms with van der Waals surface area (Å²) in [7, 11) is -1.83. The summed E-state index contributed by atoms with van der Waals surface area (Å²) in [6.45, 7) is 15.1. The lowest BCUT2D eigenvalue weighted by Gasteiger charge is -2.34. The van der Waals surface area contributed by atoms with E-state index < -0.39 is 8.32 Å². The Morgan fingerprint density at radius 3 is 2.36 bits per heavy atom. The van der Waals surface area contributed by atoms with Gasteiger partial charge in [-0.25, -0.2) is 5.48 Å². The topological polar surface area (TPSA) is 63.1 Å². The van der Waals surface area contributed by atoms with Crippen molar-refractivity contribution >= 4 is 38.1 Å². The van der Waals surface area contributed by atoms with E-state index in [-0.39, 0.29) is 9.88 Å². The van der Waals surface area contributed by atoms with Gasteiger partial charge in [-0.1, -0.05) is 41.0 Å². The van der Waals surface area contributed by atoms with Gasteiger partial charge in [-0.05, 0) is 42.7 Å². The first kappa shape index (κ1) is 21.6. The molecule has 0 saturated heterocycles. The van der Waals surface area contributed by atoms with E-state index in [4.69, 9.17) is 32.9 Å². The van der Waals surface area contributed by atoms with E-state index in [2.05, 4.69) is 63.3 Å². The van der Waals surface area contributed by atoms with Gasteiger partial charge in [-0.2, -0.15) is 10.1 Å². The van der Waals surface area contributed by atoms with E-state index in [9.17, 15) is 0 Å². The van der Waals surface area contributed by atoms with Gasteiger partial charge in [0.15, 0.2) is 0 Å². The zero-order chi connectivity index (χ0) is 17.4. The number of halogens is 1. The predicted molar refractivity (Wildman–Crippen MR) is 98.4 cm³/mol. The average molecular weight is 368 g/mol. The van der Waals surface area contributed by atoms with Crippen LogP contribution >= 0.6 is 23.8 Å². The van der Waals surface area contributed by atoms with Gasteiger partial charge in [0.2, 0.25) is 8.32 Å². The molecule has 1 rings (SSSR count). The molecule has 1 atom stereocenters. The van der Waals surface area contributed by atoms with Crippen LogP contribution in [0.4, 0.5) is 5.95 Å². The van der Waals surface area contributed by atoms with Crippen molar-refractivity contribution in [3.05, 3.63) is 4.84 Å². The first-order chi connectivity index (χ1) is 10.0. The Hall–Kier alpha value is -0.373. The van der Waals surface area contributed by atoms with Crippen molar-refractivity contribution in [2.45, 2.75) is 65.6 Å². The first-order valence-corrected chi connectivity index (χ1v) is 11.4. The van der Waals surface area contributed by atoms with Crippen LogP contribution < -0.4 is 5.48 Å². The molecule has 0 aliphatic rings. The largest absolute Gasteiger partial charge is 0.346 e. The summed E-state index contributed by atoms with van der Waals surface area (Å²) in [5.74, 6) is 1.94. The van der Waals surface area contributed by atoms with Crippen molar-refractivity contribution in [2.24, 2.45) is 5.92 Å². The molecule has 130 valence electrons. The van der Waals surface area contributed by atoms with Crippen LogP contribution in [0.3, 0.4) is 0 Å². The second kappa shape index (κ2) is 9.70. The van der Waals surface area contributed by atoms with Gasteiger partial charge in [-0.3, -0.25) is 0 Å². The van der Waals surface area contributed by atoms with Crippen molar-refractivity contribution in [1.29, 1.82) is 0 Å². The molecular formula is C14H30ClN3O2SSi. The third kappa shape index (κ3) is 8.31. The second-order valence-corrected chi connectivity index (χ2v) is 12.3. The summed E-state index contributed by atoms with van der Waals surface area (Å²) in [4.78, 5) is 4.04. The standard InChI is InChI=1S/C8H17N3O2SSi.C6H13Cl/c1-8(2,3)15(4,5)13-11-6-9-7(14)12-10-6;1-3-4-6(2)5-7/h1-5H3,(H2,9,10,11,14);6H,3-5H2,1-2H3/t;6-/m.0/s1. The summed E-state index contributed by atoms with van der Waals surface area (Å²) < 4.78 is 10.4. The van der Waals surface area contributed by atoms with Gasteiger partial charge < -0.3 is 9.05 Å². The number of nitrogens with one attached hydrogen (secondary N) is 2. The summed E-state index contributed by atoms with van der Waals surface area (Å²) in [5.41, 5.74) is 2.75. The number of nitrogens with zero attached hydrogens (tertiary/aromatic N) is 1. The van der Waals surface area contributed by atoms with Crippen LogP contribution in [0.5, 0.6) is 0 Å². The third-order valence-corrected chi connectivity index (χ3v) is 8.62. The van der Waals surface area contributed by atoms with Crippen LogP contribution in [0.2, 0.25) is 18.1 Å². The van der Waals surface area contributed by atoms with Gasteiger partial charge in [0, 0.05) is 5.88 Å². The average Bonchev–Trinajstić information content (AvgIpc) is 2.82. The molecule has 1 aromatic rings. The van der Waals surface area contributed by atoms with Gasteiger partial charge >= 0.3 is 4.84 Å². The van der Waals surface area contributed by atoms with E-state index in [0.717, 1.165) is 5.88 Å². The number of aromatic amines is 1. The molecule has 0 unspecified atom stereocenters. The van der Waals surface area contributed by atoms with Crippen molar-refractivity contribution in [2.75, 3.05) is 11.4 Å². The number of aromatic nitrogens is 2. The highest BCUT2D eigenvalue weighted by atomic mass is 35.5. The molecule has 0 bridgehead atoms. The minimum atomic E-state index is -1.83. The molecule has 2 N–H and O–H groups in total. The van der Waals surface area contributed by atoms with Crippen molar-refractivity contribution in [3.8, 4) is 0 Å². The van der Waals surface area contributed by atoms with Gasteiger partial charge in [0.05, 0.1) is 0 Å². The first-order valence-electron chi connectivity index (χ1n) is 7.59. The van der Waals surface area contributed by atoms with Crippen molar-refractivity contribution in [3.63, 3.8) is 0 Å². The highest BCUT2D eigenvalue weighted by Gasteiger charge is 2.38. The van der Waals surface area contributed by atoms with Crippen molar-refractivity contribution in [1.82, 2.24) is 10.1 Å². The van der Waals surface area contributed by atoms with E-state index in [0.29, 0.717) is 11.9 Å². The van der Waals surface area contributed by atoms with Gasteiger partial charge in [-0.15, -0.1) is 11.6 Å². The van der Waals surface area contributed by atoms with Crippen LogP contribution in [-0.2, 0) is 4.53 Å². The number of hydrogen-bond donors (Lipinski definition) is 2. The smallest absolute Gasteiger partial charge is 0.315 e. The summed E-state index contributed by atoms with van der Waals surface area (Å²) in [5, 5.41) is 2.66.